The first kappa shape index (κ1) is 20.0. The molecule has 0 radical (unpaired) electrons. The van der Waals surface area contributed by atoms with Gasteiger partial charge in [-0.3, -0.25) is 10.4 Å². The van der Waals surface area contributed by atoms with Crippen LogP contribution in [0.3, 0.4) is 0 Å². The lowest BCUT2D eigenvalue weighted by Crippen LogP contribution is -2.01. The number of pyridine rings is 1. The van der Waals surface area contributed by atoms with E-state index in [9.17, 15) is 0 Å². The average molecular weight is 398 g/mol. The molecule has 0 aliphatic carbocycles. The highest BCUT2D eigenvalue weighted by Gasteiger charge is 2.06. The number of nitrogens with zero attached hydrogens (tertiary/aromatic N) is 2. The number of fused-ring (bicyclic) bond motifs is 1. The number of nitrogens with one attached hydrogen (secondary N) is 1. The van der Waals surface area contributed by atoms with Crippen molar-refractivity contribution in [1.29, 1.82) is 0 Å². The van der Waals surface area contributed by atoms with E-state index in [0.29, 0.717) is 18.2 Å². The molecule has 0 fully saturated rings. The van der Waals surface area contributed by atoms with Gasteiger partial charge >= 0.3 is 0 Å². The Labute approximate surface area is 170 Å². The zero-order valence-electron chi connectivity index (χ0n) is 16.1. The molecular weight excluding hydrogens is 374 g/mol. The van der Waals surface area contributed by atoms with E-state index in [4.69, 9.17) is 21.1 Å². The normalized spacial score (nSPS) is 11.1. The van der Waals surface area contributed by atoms with Crippen LogP contribution in [0.4, 0.5) is 5.69 Å². The molecule has 1 heterocycles. The summed E-state index contributed by atoms with van der Waals surface area (Å²) in [6, 6.07) is 13.3. The fourth-order valence-corrected chi connectivity index (χ4v) is 2.82. The fourth-order valence-electron chi connectivity index (χ4n) is 2.66. The van der Waals surface area contributed by atoms with Gasteiger partial charge in [-0.15, -0.1) is 0 Å². The minimum Gasteiger partial charge on any atom is -0.493 e. The summed E-state index contributed by atoms with van der Waals surface area (Å²) in [6.07, 6.45) is 5.37. The average Bonchev–Trinajstić information content (AvgIpc) is 2.71. The SMILES string of the molecule is CCCOc1ccc(/C=N/Nc2ccnc3cc(Cl)ccc23)c(OCCC)c1. The lowest BCUT2D eigenvalue weighted by Gasteiger charge is -2.11. The van der Waals surface area contributed by atoms with Crippen molar-refractivity contribution >= 4 is 34.4 Å². The largest absolute Gasteiger partial charge is 0.493 e. The third kappa shape index (κ3) is 5.14. The first-order chi connectivity index (χ1) is 13.7. The summed E-state index contributed by atoms with van der Waals surface area (Å²) < 4.78 is 11.6. The van der Waals surface area contributed by atoms with Gasteiger partial charge in [0.25, 0.3) is 0 Å². The number of rotatable bonds is 9. The number of aromatic nitrogens is 1. The second kappa shape index (κ2) is 9.95. The summed E-state index contributed by atoms with van der Waals surface area (Å²) in [4.78, 5) is 4.34. The second-order valence-electron chi connectivity index (χ2n) is 6.29. The van der Waals surface area contributed by atoms with Crippen LogP contribution in [0.15, 0.2) is 53.8 Å². The Morgan fingerprint density at radius 2 is 1.86 bits per heavy atom. The maximum atomic E-state index is 6.04. The van der Waals surface area contributed by atoms with Crippen LogP contribution in [0.25, 0.3) is 10.9 Å². The number of halogens is 1. The van der Waals surface area contributed by atoms with E-state index in [0.717, 1.165) is 46.5 Å². The van der Waals surface area contributed by atoms with Crippen molar-refractivity contribution in [3.63, 3.8) is 0 Å². The van der Waals surface area contributed by atoms with E-state index in [1.165, 1.54) is 0 Å². The summed E-state index contributed by atoms with van der Waals surface area (Å²) in [6.45, 7) is 5.48. The van der Waals surface area contributed by atoms with Crippen molar-refractivity contribution in [3.05, 3.63) is 59.2 Å². The third-order valence-corrected chi connectivity index (χ3v) is 4.25. The van der Waals surface area contributed by atoms with Crippen molar-refractivity contribution < 1.29 is 9.47 Å². The Morgan fingerprint density at radius 3 is 2.68 bits per heavy atom. The summed E-state index contributed by atoms with van der Waals surface area (Å²) in [5.74, 6) is 1.56. The predicted octanol–water partition coefficient (Wildman–Crippen LogP) is 5.91. The summed E-state index contributed by atoms with van der Waals surface area (Å²) in [5.41, 5.74) is 5.64. The highest BCUT2D eigenvalue weighted by Crippen LogP contribution is 2.26. The molecular formula is C22H24ClN3O2. The molecule has 0 bridgehead atoms. The third-order valence-electron chi connectivity index (χ3n) is 4.01. The van der Waals surface area contributed by atoms with Gasteiger partial charge in [-0.2, -0.15) is 5.10 Å². The summed E-state index contributed by atoms with van der Waals surface area (Å²) >= 11 is 6.04. The van der Waals surface area contributed by atoms with Crippen molar-refractivity contribution in [3.8, 4) is 11.5 Å². The number of hydrogen-bond acceptors (Lipinski definition) is 5. The Bertz CT molecular complexity index is 960. The lowest BCUT2D eigenvalue weighted by atomic mass is 10.2. The molecule has 3 aromatic rings. The lowest BCUT2D eigenvalue weighted by molar-refractivity contribution is 0.301. The van der Waals surface area contributed by atoms with E-state index in [1.807, 2.05) is 42.5 Å². The van der Waals surface area contributed by atoms with Gasteiger partial charge in [0.2, 0.25) is 0 Å². The van der Waals surface area contributed by atoms with Gasteiger partial charge < -0.3 is 9.47 Å². The molecule has 146 valence electrons. The second-order valence-corrected chi connectivity index (χ2v) is 6.72. The van der Waals surface area contributed by atoms with E-state index in [1.54, 1.807) is 12.4 Å². The zero-order valence-corrected chi connectivity index (χ0v) is 16.9. The van der Waals surface area contributed by atoms with Crippen molar-refractivity contribution in [1.82, 2.24) is 4.98 Å². The molecule has 5 nitrogen and oxygen atoms in total. The van der Waals surface area contributed by atoms with Gasteiger partial charge in [0.1, 0.15) is 11.5 Å². The van der Waals surface area contributed by atoms with Gasteiger partial charge in [0, 0.05) is 28.2 Å². The smallest absolute Gasteiger partial charge is 0.131 e. The minimum atomic E-state index is 0.640. The van der Waals surface area contributed by atoms with Crippen LogP contribution in [0, 0.1) is 0 Å². The van der Waals surface area contributed by atoms with Gasteiger partial charge in [-0.25, -0.2) is 0 Å². The molecule has 1 aromatic heterocycles. The molecule has 6 heteroatoms. The molecule has 0 spiro atoms. The minimum absolute atomic E-state index is 0.640. The number of hydrazone groups is 1. The van der Waals surface area contributed by atoms with Crippen molar-refractivity contribution in [2.45, 2.75) is 26.7 Å². The van der Waals surface area contributed by atoms with Crippen LogP contribution in [-0.2, 0) is 0 Å². The van der Waals surface area contributed by atoms with E-state index >= 15 is 0 Å². The molecule has 0 saturated heterocycles. The van der Waals surface area contributed by atoms with Crippen molar-refractivity contribution in [2.24, 2.45) is 5.10 Å². The Hall–Kier alpha value is -2.79. The Kier molecular flexibility index (Phi) is 7.09. The fraction of sp³-hybridized carbons (Fsp3) is 0.273. The zero-order chi connectivity index (χ0) is 19.8. The highest BCUT2D eigenvalue weighted by atomic mass is 35.5. The molecule has 2 aromatic carbocycles. The summed E-state index contributed by atoms with van der Waals surface area (Å²) in [7, 11) is 0. The Balaban J connectivity index is 1.79. The van der Waals surface area contributed by atoms with Gasteiger partial charge in [0.05, 0.1) is 30.6 Å². The molecule has 0 aliphatic rings. The van der Waals surface area contributed by atoms with Crippen LogP contribution >= 0.6 is 11.6 Å². The van der Waals surface area contributed by atoms with E-state index in [-0.39, 0.29) is 0 Å². The molecule has 3 rings (SSSR count). The molecule has 1 N–H and O–H groups in total. The summed E-state index contributed by atoms with van der Waals surface area (Å²) in [5, 5.41) is 6.00. The van der Waals surface area contributed by atoms with Gasteiger partial charge in [-0.05, 0) is 49.2 Å². The molecule has 0 aliphatic heterocycles. The highest BCUT2D eigenvalue weighted by molar-refractivity contribution is 6.31. The van der Waals surface area contributed by atoms with Crippen LogP contribution in [0.5, 0.6) is 11.5 Å². The van der Waals surface area contributed by atoms with E-state index < -0.39 is 0 Å². The van der Waals surface area contributed by atoms with Crippen LogP contribution in [-0.4, -0.2) is 24.4 Å². The van der Waals surface area contributed by atoms with Crippen molar-refractivity contribution in [2.75, 3.05) is 18.6 Å². The van der Waals surface area contributed by atoms with Gasteiger partial charge in [-0.1, -0.05) is 25.4 Å². The quantitative estimate of drug-likeness (QED) is 0.360. The molecule has 0 amide bonds. The maximum absolute atomic E-state index is 6.04. The van der Waals surface area contributed by atoms with Crippen LogP contribution in [0.1, 0.15) is 32.3 Å². The molecule has 0 saturated carbocycles. The number of benzene rings is 2. The van der Waals surface area contributed by atoms with Gasteiger partial charge in [0.15, 0.2) is 0 Å². The van der Waals surface area contributed by atoms with Crippen LogP contribution in [0.2, 0.25) is 5.02 Å². The molecule has 0 atom stereocenters. The first-order valence-corrected chi connectivity index (χ1v) is 9.82. The maximum Gasteiger partial charge on any atom is 0.131 e. The number of hydrogen-bond donors (Lipinski definition) is 1. The standard InChI is InChI=1S/C22H24ClN3O2/c1-3-11-27-18-7-5-16(22(14-18)28-12-4-2)15-25-26-20-9-10-24-21-13-17(23)6-8-19(20)21/h5-10,13-15H,3-4,11-12H2,1-2H3,(H,24,26)/b25-15+. The monoisotopic (exact) mass is 397 g/mol. The topological polar surface area (TPSA) is 55.7 Å². The molecule has 28 heavy (non-hydrogen) atoms. The predicted molar refractivity (Wildman–Crippen MR) is 116 cm³/mol. The Morgan fingerprint density at radius 1 is 1.04 bits per heavy atom. The van der Waals surface area contributed by atoms with Crippen LogP contribution < -0.4 is 14.9 Å². The van der Waals surface area contributed by atoms with E-state index in [2.05, 4.69) is 29.4 Å². The number of ether oxygens (including phenoxy) is 2. The first-order valence-electron chi connectivity index (χ1n) is 9.44. The number of anilines is 1. The molecule has 0 unspecified atom stereocenters.